The van der Waals surface area contributed by atoms with Gasteiger partial charge in [0.15, 0.2) is 5.76 Å². The summed E-state index contributed by atoms with van der Waals surface area (Å²) in [6, 6.07) is 16.9. The van der Waals surface area contributed by atoms with Gasteiger partial charge in [0, 0.05) is 30.6 Å². The fourth-order valence-corrected chi connectivity index (χ4v) is 3.51. The predicted octanol–water partition coefficient (Wildman–Crippen LogP) is 3.50. The van der Waals surface area contributed by atoms with Crippen molar-refractivity contribution in [2.24, 2.45) is 11.8 Å². The van der Waals surface area contributed by atoms with Crippen LogP contribution < -0.4 is 10.6 Å². The van der Waals surface area contributed by atoms with Crippen LogP contribution >= 0.6 is 0 Å². The highest BCUT2D eigenvalue weighted by atomic mass is 16.3. The van der Waals surface area contributed by atoms with Crippen molar-refractivity contribution in [1.29, 1.82) is 0 Å². The summed E-state index contributed by atoms with van der Waals surface area (Å²) in [6.45, 7) is 4.09. The van der Waals surface area contributed by atoms with Gasteiger partial charge in [-0.05, 0) is 42.8 Å². The molecule has 2 heterocycles. The standard InChI is InChI=1S/C23H25N3O3/c1-15(18-12-24-13-18)22(27)25-19-9-5-3-8-17(19)14-26(2)23(28)21-11-16-7-4-6-10-20(16)29-21/h3-11,15,18,24H,12-14H2,1-2H3,(H,25,27). The quantitative estimate of drug-likeness (QED) is 0.674. The van der Waals surface area contributed by atoms with Gasteiger partial charge in [-0.1, -0.05) is 43.3 Å². The van der Waals surface area contributed by atoms with Crippen LogP contribution in [0.1, 0.15) is 23.0 Å². The van der Waals surface area contributed by atoms with E-state index in [4.69, 9.17) is 4.42 Å². The van der Waals surface area contributed by atoms with Gasteiger partial charge in [-0.2, -0.15) is 0 Å². The zero-order chi connectivity index (χ0) is 20.4. The first-order valence-corrected chi connectivity index (χ1v) is 9.86. The van der Waals surface area contributed by atoms with E-state index < -0.39 is 0 Å². The van der Waals surface area contributed by atoms with Gasteiger partial charge in [0.1, 0.15) is 5.58 Å². The number of benzene rings is 2. The third-order valence-corrected chi connectivity index (χ3v) is 5.60. The second-order valence-electron chi connectivity index (χ2n) is 7.66. The minimum absolute atomic E-state index is 0.00946. The largest absolute Gasteiger partial charge is 0.451 e. The third kappa shape index (κ3) is 4.03. The van der Waals surface area contributed by atoms with Crippen molar-refractivity contribution in [3.63, 3.8) is 0 Å². The number of hydrogen-bond acceptors (Lipinski definition) is 4. The summed E-state index contributed by atoms with van der Waals surface area (Å²) < 4.78 is 5.69. The van der Waals surface area contributed by atoms with Crippen molar-refractivity contribution in [1.82, 2.24) is 10.2 Å². The molecule has 0 spiro atoms. The first kappa shape index (κ1) is 19.2. The number of fused-ring (bicyclic) bond motifs is 1. The van der Waals surface area contributed by atoms with Gasteiger partial charge in [-0.25, -0.2) is 0 Å². The van der Waals surface area contributed by atoms with Crippen LogP contribution in [0.3, 0.4) is 0 Å². The van der Waals surface area contributed by atoms with Gasteiger partial charge in [0.2, 0.25) is 5.91 Å². The molecular weight excluding hydrogens is 366 g/mol. The summed E-state index contributed by atoms with van der Waals surface area (Å²) >= 11 is 0. The minimum Gasteiger partial charge on any atom is -0.451 e. The Kier molecular flexibility index (Phi) is 5.36. The van der Waals surface area contributed by atoms with Crippen LogP contribution in [0.5, 0.6) is 0 Å². The van der Waals surface area contributed by atoms with Gasteiger partial charge in [-0.15, -0.1) is 0 Å². The molecule has 1 fully saturated rings. The Balaban J connectivity index is 1.47. The van der Waals surface area contributed by atoms with E-state index in [1.54, 1.807) is 18.0 Å². The molecular formula is C23H25N3O3. The Morgan fingerprint density at radius 3 is 2.62 bits per heavy atom. The topological polar surface area (TPSA) is 74.6 Å². The highest BCUT2D eigenvalue weighted by Gasteiger charge is 2.29. The molecule has 2 amide bonds. The first-order valence-electron chi connectivity index (χ1n) is 9.86. The average Bonchev–Trinajstić information content (AvgIpc) is 3.11. The Bertz CT molecular complexity index is 1010. The molecule has 3 aromatic rings. The number of para-hydroxylation sites is 2. The van der Waals surface area contributed by atoms with E-state index >= 15 is 0 Å². The molecule has 1 saturated heterocycles. The van der Waals surface area contributed by atoms with E-state index in [2.05, 4.69) is 10.6 Å². The predicted molar refractivity (Wildman–Crippen MR) is 113 cm³/mol. The number of carbonyl (C=O) groups is 2. The molecule has 1 aliphatic heterocycles. The Morgan fingerprint density at radius 2 is 1.90 bits per heavy atom. The number of furan rings is 1. The van der Waals surface area contributed by atoms with E-state index in [-0.39, 0.29) is 17.7 Å². The first-order chi connectivity index (χ1) is 14.0. The minimum atomic E-state index is -0.198. The third-order valence-electron chi connectivity index (χ3n) is 5.60. The van der Waals surface area contributed by atoms with Crippen LogP contribution in [0.4, 0.5) is 5.69 Å². The highest BCUT2D eigenvalue weighted by molar-refractivity contribution is 5.96. The molecule has 1 aromatic heterocycles. The molecule has 1 unspecified atom stereocenters. The second kappa shape index (κ2) is 8.09. The summed E-state index contributed by atoms with van der Waals surface area (Å²) in [5.74, 6) is 0.437. The van der Waals surface area contributed by atoms with Crippen molar-refractivity contribution in [3.8, 4) is 0 Å². The molecule has 0 aliphatic carbocycles. The second-order valence-corrected chi connectivity index (χ2v) is 7.66. The van der Waals surface area contributed by atoms with Crippen molar-refractivity contribution in [3.05, 3.63) is 65.9 Å². The number of amides is 2. The van der Waals surface area contributed by atoms with Crippen LogP contribution in [0.15, 0.2) is 59.0 Å². The van der Waals surface area contributed by atoms with E-state index in [9.17, 15) is 9.59 Å². The zero-order valence-corrected chi connectivity index (χ0v) is 16.6. The molecule has 0 saturated carbocycles. The maximum atomic E-state index is 12.8. The number of hydrogen-bond donors (Lipinski definition) is 2. The summed E-state index contributed by atoms with van der Waals surface area (Å²) in [6.07, 6.45) is 0. The lowest BCUT2D eigenvalue weighted by Gasteiger charge is -2.32. The lowest BCUT2D eigenvalue weighted by atomic mass is 9.88. The molecule has 4 rings (SSSR count). The van der Waals surface area contributed by atoms with Crippen LogP contribution in [-0.4, -0.2) is 36.9 Å². The highest BCUT2D eigenvalue weighted by Crippen LogP contribution is 2.23. The molecule has 6 heteroatoms. The van der Waals surface area contributed by atoms with Gasteiger partial charge in [0.25, 0.3) is 5.91 Å². The summed E-state index contributed by atoms with van der Waals surface area (Å²) in [5.41, 5.74) is 2.31. The summed E-state index contributed by atoms with van der Waals surface area (Å²) in [4.78, 5) is 27.0. The number of anilines is 1. The zero-order valence-electron chi connectivity index (χ0n) is 16.6. The van der Waals surface area contributed by atoms with Crippen LogP contribution in [0.25, 0.3) is 11.0 Å². The Hall–Kier alpha value is -3.12. The molecule has 0 bridgehead atoms. The van der Waals surface area contributed by atoms with Crippen LogP contribution in [0.2, 0.25) is 0 Å². The number of carbonyl (C=O) groups excluding carboxylic acids is 2. The van der Waals surface area contributed by atoms with E-state index in [0.29, 0.717) is 23.8 Å². The Labute approximate surface area is 169 Å². The van der Waals surface area contributed by atoms with Crippen LogP contribution in [0, 0.1) is 11.8 Å². The molecule has 150 valence electrons. The smallest absolute Gasteiger partial charge is 0.289 e. The average molecular weight is 391 g/mol. The lowest BCUT2D eigenvalue weighted by molar-refractivity contribution is -0.121. The van der Waals surface area contributed by atoms with Crippen LogP contribution in [-0.2, 0) is 11.3 Å². The van der Waals surface area contributed by atoms with E-state index in [1.165, 1.54) is 0 Å². The summed E-state index contributed by atoms with van der Waals surface area (Å²) in [7, 11) is 1.73. The number of nitrogens with one attached hydrogen (secondary N) is 2. The van der Waals surface area contributed by atoms with Crippen molar-refractivity contribution >= 4 is 28.5 Å². The van der Waals surface area contributed by atoms with Crippen molar-refractivity contribution in [2.45, 2.75) is 13.5 Å². The van der Waals surface area contributed by atoms with E-state index in [0.717, 1.165) is 29.7 Å². The Morgan fingerprint density at radius 1 is 1.17 bits per heavy atom. The number of rotatable bonds is 6. The molecule has 6 nitrogen and oxygen atoms in total. The van der Waals surface area contributed by atoms with Crippen molar-refractivity contribution in [2.75, 3.05) is 25.5 Å². The van der Waals surface area contributed by atoms with Gasteiger partial charge >= 0.3 is 0 Å². The SMILES string of the molecule is CC(C(=O)Nc1ccccc1CN(C)C(=O)c1cc2ccccc2o1)C1CNC1. The number of nitrogens with zero attached hydrogens (tertiary/aromatic N) is 1. The fourth-order valence-electron chi connectivity index (χ4n) is 3.51. The van der Waals surface area contributed by atoms with Gasteiger partial charge in [-0.3, -0.25) is 9.59 Å². The van der Waals surface area contributed by atoms with Gasteiger partial charge < -0.3 is 20.0 Å². The summed E-state index contributed by atoms with van der Waals surface area (Å²) in [5, 5.41) is 7.14. The van der Waals surface area contributed by atoms with Gasteiger partial charge in [0.05, 0.1) is 0 Å². The molecule has 0 radical (unpaired) electrons. The van der Waals surface area contributed by atoms with E-state index in [1.807, 2.05) is 55.5 Å². The maximum absolute atomic E-state index is 12.8. The molecule has 1 aliphatic rings. The maximum Gasteiger partial charge on any atom is 0.289 e. The molecule has 29 heavy (non-hydrogen) atoms. The molecule has 2 aromatic carbocycles. The van der Waals surface area contributed by atoms with Crippen molar-refractivity contribution < 1.29 is 14.0 Å². The lowest BCUT2D eigenvalue weighted by Crippen LogP contribution is -2.48. The normalized spacial score (nSPS) is 15.0. The monoisotopic (exact) mass is 391 g/mol. The molecule has 2 N–H and O–H groups in total. The molecule has 1 atom stereocenters. The fraction of sp³-hybridized carbons (Fsp3) is 0.304.